The van der Waals surface area contributed by atoms with Crippen LogP contribution in [0.5, 0.6) is 0 Å². The molecule has 226 valence electrons. The summed E-state index contributed by atoms with van der Waals surface area (Å²) in [7, 11) is 0. The van der Waals surface area contributed by atoms with Gasteiger partial charge in [0.1, 0.15) is 11.2 Å². The molecule has 8 aromatic carbocycles. The number of benzene rings is 8. The molecule has 0 aliphatic rings. The quantitative estimate of drug-likeness (QED) is 0.185. The summed E-state index contributed by atoms with van der Waals surface area (Å²) in [6, 6.07) is 67.0. The predicted octanol–water partition coefficient (Wildman–Crippen LogP) is 13.2. The summed E-state index contributed by atoms with van der Waals surface area (Å²) in [5, 5.41) is 4.77. The average Bonchev–Trinajstić information content (AvgIpc) is 3.55. The summed E-state index contributed by atoms with van der Waals surface area (Å²) in [5.74, 6) is 0. The molecule has 0 aliphatic heterocycles. The van der Waals surface area contributed by atoms with Crippen molar-refractivity contribution in [3.05, 3.63) is 188 Å². The van der Waals surface area contributed by atoms with Gasteiger partial charge in [0.05, 0.1) is 0 Å². The Hall–Kier alpha value is -6.38. The molecule has 1 heterocycles. The highest BCUT2D eigenvalue weighted by atomic mass is 16.3. The van der Waals surface area contributed by atoms with Gasteiger partial charge in [-0.3, -0.25) is 0 Å². The summed E-state index contributed by atoms with van der Waals surface area (Å²) in [4.78, 5) is 2.36. The first-order valence-electron chi connectivity index (χ1n) is 16.3. The maximum Gasteiger partial charge on any atom is 0.136 e. The molecule has 48 heavy (non-hydrogen) atoms. The van der Waals surface area contributed by atoms with E-state index in [9.17, 15) is 0 Å². The van der Waals surface area contributed by atoms with Crippen LogP contribution in [0, 0.1) is 0 Å². The van der Waals surface area contributed by atoms with E-state index in [1.54, 1.807) is 0 Å². The fourth-order valence-electron chi connectivity index (χ4n) is 7.00. The number of fused-ring (bicyclic) bond motifs is 4. The van der Waals surface area contributed by atoms with Crippen LogP contribution in [0.3, 0.4) is 0 Å². The van der Waals surface area contributed by atoms with Gasteiger partial charge in [-0.25, -0.2) is 0 Å². The van der Waals surface area contributed by atoms with Gasteiger partial charge in [-0.05, 0) is 92.7 Å². The lowest BCUT2D eigenvalue weighted by Crippen LogP contribution is -2.10. The Balaban J connectivity index is 1.19. The zero-order valence-electron chi connectivity index (χ0n) is 26.3. The van der Waals surface area contributed by atoms with Crippen LogP contribution < -0.4 is 4.90 Å². The lowest BCUT2D eigenvalue weighted by atomic mass is 9.97. The SMILES string of the molecule is c1ccc(-c2cccc(N(c3ccc(-c4cccc5oc6ccccc6c45)cc3)c3cccc(-c4cccc5ccccc45)c3)c2)cc1. The van der Waals surface area contributed by atoms with Gasteiger partial charge in [0.25, 0.3) is 0 Å². The van der Waals surface area contributed by atoms with Crippen molar-refractivity contribution in [2.24, 2.45) is 0 Å². The molecule has 0 radical (unpaired) electrons. The van der Waals surface area contributed by atoms with Crippen LogP contribution >= 0.6 is 0 Å². The highest BCUT2D eigenvalue weighted by Crippen LogP contribution is 2.41. The Morgan fingerprint density at radius 1 is 0.333 bits per heavy atom. The first kappa shape index (κ1) is 27.9. The first-order chi connectivity index (χ1) is 23.8. The average molecular weight is 614 g/mol. The van der Waals surface area contributed by atoms with Crippen LogP contribution in [0.1, 0.15) is 0 Å². The van der Waals surface area contributed by atoms with Crippen molar-refractivity contribution in [3.8, 4) is 33.4 Å². The molecule has 0 aliphatic carbocycles. The second-order valence-electron chi connectivity index (χ2n) is 12.2. The van der Waals surface area contributed by atoms with Gasteiger partial charge in [-0.2, -0.15) is 0 Å². The van der Waals surface area contributed by atoms with Gasteiger partial charge in [-0.1, -0.05) is 140 Å². The number of hydrogen-bond donors (Lipinski definition) is 0. The number of rotatable bonds is 6. The van der Waals surface area contributed by atoms with Crippen molar-refractivity contribution >= 4 is 49.8 Å². The Bertz CT molecular complexity index is 2560. The molecule has 0 bridgehead atoms. The van der Waals surface area contributed by atoms with Crippen LogP contribution in [0.2, 0.25) is 0 Å². The van der Waals surface area contributed by atoms with Gasteiger partial charge in [-0.15, -0.1) is 0 Å². The molecule has 2 nitrogen and oxygen atoms in total. The summed E-state index contributed by atoms with van der Waals surface area (Å²) < 4.78 is 6.21. The molecule has 1 aromatic heterocycles. The zero-order chi connectivity index (χ0) is 31.9. The van der Waals surface area contributed by atoms with E-state index in [1.807, 2.05) is 12.1 Å². The number of nitrogens with zero attached hydrogens (tertiary/aromatic N) is 1. The second-order valence-corrected chi connectivity index (χ2v) is 12.2. The number of anilines is 3. The Morgan fingerprint density at radius 2 is 0.917 bits per heavy atom. The first-order valence-corrected chi connectivity index (χ1v) is 16.3. The lowest BCUT2D eigenvalue weighted by Gasteiger charge is -2.27. The highest BCUT2D eigenvalue weighted by Gasteiger charge is 2.17. The monoisotopic (exact) mass is 613 g/mol. The fourth-order valence-corrected chi connectivity index (χ4v) is 7.00. The third-order valence-corrected chi connectivity index (χ3v) is 9.26. The molecule has 9 aromatic rings. The standard InChI is InChI=1S/C46H31NO/c1-2-12-32(13-3-1)35-16-8-18-38(30-35)47(39-19-9-17-36(31-39)41-22-10-15-33-14-4-5-20-40(33)41)37-28-26-34(27-29-37)42-23-11-25-45-46(42)43-21-6-7-24-44(43)48-45/h1-31H. The van der Waals surface area contributed by atoms with Crippen molar-refractivity contribution in [2.45, 2.75) is 0 Å². The van der Waals surface area contributed by atoms with Crippen LogP contribution in [0.25, 0.3) is 66.1 Å². The van der Waals surface area contributed by atoms with E-state index in [2.05, 4.69) is 181 Å². The van der Waals surface area contributed by atoms with Crippen molar-refractivity contribution < 1.29 is 4.42 Å². The molecule has 0 N–H and O–H groups in total. The van der Waals surface area contributed by atoms with Crippen LogP contribution in [-0.2, 0) is 0 Å². The fraction of sp³-hybridized carbons (Fsp3) is 0. The molecular weight excluding hydrogens is 583 g/mol. The summed E-state index contributed by atoms with van der Waals surface area (Å²) in [6.45, 7) is 0. The summed E-state index contributed by atoms with van der Waals surface area (Å²) >= 11 is 0. The summed E-state index contributed by atoms with van der Waals surface area (Å²) in [6.07, 6.45) is 0. The van der Waals surface area contributed by atoms with Crippen LogP contribution in [-0.4, -0.2) is 0 Å². The Kier molecular flexibility index (Phi) is 6.84. The molecule has 0 fully saturated rings. The maximum atomic E-state index is 6.21. The Morgan fingerprint density at radius 3 is 1.75 bits per heavy atom. The molecule has 0 saturated heterocycles. The van der Waals surface area contributed by atoms with Crippen molar-refractivity contribution in [2.75, 3.05) is 4.90 Å². The zero-order valence-corrected chi connectivity index (χ0v) is 26.3. The minimum absolute atomic E-state index is 0.905. The maximum absolute atomic E-state index is 6.21. The van der Waals surface area contributed by atoms with Crippen LogP contribution in [0.15, 0.2) is 192 Å². The molecule has 0 unspecified atom stereocenters. The smallest absolute Gasteiger partial charge is 0.136 e. The van der Waals surface area contributed by atoms with Gasteiger partial charge in [0, 0.05) is 27.8 Å². The largest absolute Gasteiger partial charge is 0.456 e. The van der Waals surface area contributed by atoms with E-state index < -0.39 is 0 Å². The van der Waals surface area contributed by atoms with Crippen molar-refractivity contribution in [3.63, 3.8) is 0 Å². The highest BCUT2D eigenvalue weighted by molar-refractivity contribution is 6.12. The molecule has 0 saturated carbocycles. The molecular formula is C46H31NO. The van der Waals surface area contributed by atoms with E-state index in [1.165, 1.54) is 38.6 Å². The minimum Gasteiger partial charge on any atom is -0.456 e. The third-order valence-electron chi connectivity index (χ3n) is 9.26. The van der Waals surface area contributed by atoms with Crippen molar-refractivity contribution in [1.82, 2.24) is 0 Å². The lowest BCUT2D eigenvalue weighted by molar-refractivity contribution is 0.669. The number of para-hydroxylation sites is 1. The number of furan rings is 1. The third kappa shape index (κ3) is 4.92. The van der Waals surface area contributed by atoms with E-state index in [0.29, 0.717) is 0 Å². The van der Waals surface area contributed by atoms with Gasteiger partial charge >= 0.3 is 0 Å². The summed E-state index contributed by atoms with van der Waals surface area (Å²) in [5.41, 5.74) is 12.2. The molecule has 0 spiro atoms. The molecule has 9 rings (SSSR count). The van der Waals surface area contributed by atoms with E-state index in [4.69, 9.17) is 4.42 Å². The Labute approximate surface area is 279 Å². The number of hydrogen-bond acceptors (Lipinski definition) is 2. The topological polar surface area (TPSA) is 16.4 Å². The van der Waals surface area contributed by atoms with Gasteiger partial charge < -0.3 is 9.32 Å². The van der Waals surface area contributed by atoms with Crippen molar-refractivity contribution in [1.29, 1.82) is 0 Å². The molecule has 0 atom stereocenters. The van der Waals surface area contributed by atoms with E-state index >= 15 is 0 Å². The molecule has 0 amide bonds. The van der Waals surface area contributed by atoms with E-state index in [-0.39, 0.29) is 0 Å². The van der Waals surface area contributed by atoms with Crippen LogP contribution in [0.4, 0.5) is 17.1 Å². The predicted molar refractivity (Wildman–Crippen MR) is 202 cm³/mol. The molecule has 2 heteroatoms. The second kappa shape index (κ2) is 11.8. The minimum atomic E-state index is 0.905. The van der Waals surface area contributed by atoms with E-state index in [0.717, 1.165) is 44.6 Å². The van der Waals surface area contributed by atoms with Gasteiger partial charge in [0.15, 0.2) is 0 Å². The normalized spacial score (nSPS) is 11.3. The van der Waals surface area contributed by atoms with Gasteiger partial charge in [0.2, 0.25) is 0 Å².